The molecule has 1 aliphatic rings. The highest BCUT2D eigenvalue weighted by atomic mass is 32.2. The van der Waals surface area contributed by atoms with Gasteiger partial charge in [0, 0.05) is 18.8 Å². The fraction of sp³-hybridized carbons (Fsp3) is 0.643. The number of anilines is 1. The minimum atomic E-state index is -3.74. The molecule has 1 aliphatic heterocycles. The van der Waals surface area contributed by atoms with E-state index < -0.39 is 10.0 Å². The van der Waals surface area contributed by atoms with Crippen LogP contribution in [-0.4, -0.2) is 26.0 Å². The van der Waals surface area contributed by atoms with Gasteiger partial charge in [0.1, 0.15) is 10.7 Å². The first-order chi connectivity index (χ1) is 9.18. The molecule has 2 N–H and O–H groups in total. The number of hydrogen-bond donors (Lipinski definition) is 1. The summed E-state index contributed by atoms with van der Waals surface area (Å²) >= 11 is 0. The van der Waals surface area contributed by atoms with E-state index in [4.69, 9.17) is 5.14 Å². The molecule has 1 atom stereocenters. The maximum atomic E-state index is 11.7. The molecule has 0 amide bonds. The zero-order valence-electron chi connectivity index (χ0n) is 12.3. The molecular weight excluding hydrogens is 274 g/mol. The van der Waals surface area contributed by atoms with E-state index in [9.17, 15) is 8.42 Å². The lowest BCUT2D eigenvalue weighted by Crippen LogP contribution is -2.34. The van der Waals surface area contributed by atoms with Crippen molar-refractivity contribution in [1.82, 2.24) is 4.98 Å². The van der Waals surface area contributed by atoms with Crippen molar-refractivity contribution in [3.05, 3.63) is 18.3 Å². The summed E-state index contributed by atoms with van der Waals surface area (Å²) in [4.78, 5) is 6.50. The molecule has 112 valence electrons. The fourth-order valence-electron chi connectivity index (χ4n) is 2.85. The highest BCUT2D eigenvalue weighted by Crippen LogP contribution is 2.34. The molecule has 1 aromatic heterocycles. The molecule has 2 rings (SSSR count). The standard InChI is InChI=1S/C14H23N3O2S/c1-14(2,3)10-11-6-5-9-17(11)13-12(20(15,18)19)7-4-8-16-13/h4,7-8,11H,5-6,9-10H2,1-3H3,(H2,15,18,19). The number of nitrogens with two attached hydrogens (primary N) is 1. The van der Waals surface area contributed by atoms with Crippen LogP contribution in [0.4, 0.5) is 5.82 Å². The molecule has 0 radical (unpaired) electrons. The molecular formula is C14H23N3O2S. The summed E-state index contributed by atoms with van der Waals surface area (Å²) in [6.07, 6.45) is 4.75. The summed E-state index contributed by atoms with van der Waals surface area (Å²) in [5, 5.41) is 5.30. The van der Waals surface area contributed by atoms with Crippen LogP contribution in [0.15, 0.2) is 23.2 Å². The Bertz CT molecular complexity index is 578. The second-order valence-corrected chi connectivity index (χ2v) is 8.15. The minimum Gasteiger partial charge on any atom is -0.352 e. The van der Waals surface area contributed by atoms with Gasteiger partial charge in [-0.2, -0.15) is 0 Å². The summed E-state index contributed by atoms with van der Waals surface area (Å²) < 4.78 is 23.4. The highest BCUT2D eigenvalue weighted by Gasteiger charge is 2.32. The molecule has 1 saturated heterocycles. The zero-order chi connectivity index (χ0) is 15.0. The third kappa shape index (κ3) is 3.49. The largest absolute Gasteiger partial charge is 0.352 e. The number of nitrogens with zero attached hydrogens (tertiary/aromatic N) is 2. The third-order valence-electron chi connectivity index (χ3n) is 3.55. The predicted molar refractivity (Wildman–Crippen MR) is 80.1 cm³/mol. The molecule has 0 bridgehead atoms. The Hall–Kier alpha value is -1.14. The number of pyridine rings is 1. The first-order valence-corrected chi connectivity index (χ1v) is 8.47. The maximum absolute atomic E-state index is 11.7. The Kier molecular flexibility index (Phi) is 4.07. The molecule has 20 heavy (non-hydrogen) atoms. The summed E-state index contributed by atoms with van der Waals surface area (Å²) in [5.41, 5.74) is 0.198. The van der Waals surface area contributed by atoms with E-state index in [1.54, 1.807) is 12.3 Å². The molecule has 1 fully saturated rings. The Morgan fingerprint density at radius 1 is 1.45 bits per heavy atom. The van der Waals surface area contributed by atoms with E-state index in [0.717, 1.165) is 25.8 Å². The van der Waals surface area contributed by atoms with E-state index in [0.29, 0.717) is 11.9 Å². The predicted octanol–water partition coefficient (Wildman–Crippen LogP) is 2.13. The van der Waals surface area contributed by atoms with Gasteiger partial charge < -0.3 is 4.90 Å². The number of rotatable bonds is 3. The molecule has 0 spiro atoms. The van der Waals surface area contributed by atoms with Crippen LogP contribution >= 0.6 is 0 Å². The topological polar surface area (TPSA) is 76.3 Å². The fourth-order valence-corrected chi connectivity index (χ4v) is 3.55. The van der Waals surface area contributed by atoms with Gasteiger partial charge in [0.15, 0.2) is 0 Å². The van der Waals surface area contributed by atoms with E-state index in [1.807, 2.05) is 0 Å². The van der Waals surface area contributed by atoms with Gasteiger partial charge in [-0.15, -0.1) is 0 Å². The van der Waals surface area contributed by atoms with Crippen molar-refractivity contribution in [3.63, 3.8) is 0 Å². The lowest BCUT2D eigenvalue weighted by molar-refractivity contribution is 0.338. The average Bonchev–Trinajstić information content (AvgIpc) is 2.73. The quantitative estimate of drug-likeness (QED) is 0.927. The van der Waals surface area contributed by atoms with Gasteiger partial charge in [-0.05, 0) is 36.8 Å². The van der Waals surface area contributed by atoms with E-state index in [-0.39, 0.29) is 10.3 Å². The molecule has 0 aliphatic carbocycles. The van der Waals surface area contributed by atoms with Gasteiger partial charge in [-0.1, -0.05) is 20.8 Å². The van der Waals surface area contributed by atoms with Gasteiger partial charge in [-0.3, -0.25) is 0 Å². The highest BCUT2D eigenvalue weighted by molar-refractivity contribution is 7.89. The number of hydrogen-bond acceptors (Lipinski definition) is 4. The molecule has 1 aromatic rings. The second kappa shape index (κ2) is 5.33. The van der Waals surface area contributed by atoms with Crippen LogP contribution in [0, 0.1) is 5.41 Å². The molecule has 1 unspecified atom stereocenters. The SMILES string of the molecule is CC(C)(C)CC1CCCN1c1ncccc1S(N)(=O)=O. The van der Waals surface area contributed by atoms with E-state index >= 15 is 0 Å². The summed E-state index contributed by atoms with van der Waals surface area (Å²) in [6.45, 7) is 7.42. The normalized spacial score (nSPS) is 20.4. The van der Waals surface area contributed by atoms with Crippen molar-refractivity contribution in [3.8, 4) is 0 Å². The average molecular weight is 297 g/mol. The van der Waals surface area contributed by atoms with Gasteiger partial charge in [0.05, 0.1) is 0 Å². The molecule has 0 saturated carbocycles. The number of primary sulfonamides is 1. The van der Waals surface area contributed by atoms with E-state index in [1.165, 1.54) is 6.07 Å². The Labute approximate surface area is 121 Å². The van der Waals surface area contributed by atoms with Crippen LogP contribution in [0.5, 0.6) is 0 Å². The zero-order valence-corrected chi connectivity index (χ0v) is 13.2. The monoisotopic (exact) mass is 297 g/mol. The second-order valence-electron chi connectivity index (χ2n) is 6.62. The first kappa shape index (κ1) is 15.3. The van der Waals surface area contributed by atoms with Gasteiger partial charge >= 0.3 is 0 Å². The Balaban J connectivity index is 2.36. The maximum Gasteiger partial charge on any atom is 0.241 e. The summed E-state index contributed by atoms with van der Waals surface area (Å²) in [5.74, 6) is 0.502. The van der Waals surface area contributed by atoms with Crippen LogP contribution in [0.1, 0.15) is 40.0 Å². The van der Waals surface area contributed by atoms with E-state index in [2.05, 4.69) is 30.7 Å². The van der Waals surface area contributed by atoms with Gasteiger partial charge in [-0.25, -0.2) is 18.5 Å². The smallest absolute Gasteiger partial charge is 0.241 e. The number of aromatic nitrogens is 1. The van der Waals surface area contributed by atoms with Crippen LogP contribution < -0.4 is 10.0 Å². The van der Waals surface area contributed by atoms with Crippen molar-refractivity contribution in [2.45, 2.75) is 51.0 Å². The molecule has 6 heteroatoms. The van der Waals surface area contributed by atoms with Gasteiger partial charge in [0.25, 0.3) is 0 Å². The lowest BCUT2D eigenvalue weighted by Gasteiger charge is -2.31. The van der Waals surface area contributed by atoms with Crippen molar-refractivity contribution in [2.75, 3.05) is 11.4 Å². The summed E-state index contributed by atoms with van der Waals surface area (Å²) in [6, 6.07) is 3.47. The van der Waals surface area contributed by atoms with Gasteiger partial charge in [0.2, 0.25) is 10.0 Å². The van der Waals surface area contributed by atoms with Crippen LogP contribution in [0.2, 0.25) is 0 Å². The Morgan fingerprint density at radius 2 is 2.15 bits per heavy atom. The molecule has 0 aromatic carbocycles. The van der Waals surface area contributed by atoms with Crippen LogP contribution in [0.3, 0.4) is 0 Å². The summed E-state index contributed by atoms with van der Waals surface area (Å²) in [7, 11) is -3.74. The molecule has 5 nitrogen and oxygen atoms in total. The van der Waals surface area contributed by atoms with Crippen molar-refractivity contribution in [2.24, 2.45) is 10.6 Å². The molecule has 2 heterocycles. The van der Waals surface area contributed by atoms with Crippen molar-refractivity contribution < 1.29 is 8.42 Å². The number of sulfonamides is 1. The lowest BCUT2D eigenvalue weighted by atomic mass is 9.87. The van der Waals surface area contributed by atoms with Crippen LogP contribution in [-0.2, 0) is 10.0 Å². The minimum absolute atomic E-state index is 0.126. The van der Waals surface area contributed by atoms with Crippen molar-refractivity contribution >= 4 is 15.8 Å². The third-order valence-corrected chi connectivity index (χ3v) is 4.49. The Morgan fingerprint density at radius 3 is 2.75 bits per heavy atom. The van der Waals surface area contributed by atoms with Crippen molar-refractivity contribution in [1.29, 1.82) is 0 Å². The first-order valence-electron chi connectivity index (χ1n) is 6.93. The van der Waals surface area contributed by atoms with Crippen LogP contribution in [0.25, 0.3) is 0 Å².